The Morgan fingerprint density at radius 3 is 2.13 bits per heavy atom. The number of ketones is 3. The summed E-state index contributed by atoms with van der Waals surface area (Å²) in [5, 5.41) is 11.2. The lowest BCUT2D eigenvalue weighted by Gasteiger charge is -2.37. The molecule has 0 amide bonds. The van der Waals surface area contributed by atoms with Crippen molar-refractivity contribution >= 4 is 35.0 Å². The van der Waals surface area contributed by atoms with Gasteiger partial charge in [0.15, 0.2) is 17.3 Å². The fourth-order valence-corrected chi connectivity index (χ4v) is 3.61. The first kappa shape index (κ1) is 23.6. The third-order valence-corrected chi connectivity index (χ3v) is 5.59. The Balaban J connectivity index is 2.37. The summed E-state index contributed by atoms with van der Waals surface area (Å²) in [6.07, 6.45) is 5.38. The van der Waals surface area contributed by atoms with Crippen LogP contribution in [0.5, 0.6) is 0 Å². The number of aliphatic hydroxyl groups excluding tert-OH is 1. The van der Waals surface area contributed by atoms with E-state index in [1.54, 1.807) is 30.3 Å². The molecular weight excluding hydrogens is 400 g/mol. The highest BCUT2D eigenvalue weighted by molar-refractivity contribution is 6.30. The van der Waals surface area contributed by atoms with Crippen LogP contribution in [0.1, 0.15) is 45.1 Å². The molecule has 0 fully saturated rings. The van der Waals surface area contributed by atoms with Crippen molar-refractivity contribution in [1.82, 2.24) is 0 Å². The number of carbonyl (C=O) groups excluding carboxylic acids is 3. The van der Waals surface area contributed by atoms with Crippen molar-refractivity contribution < 1.29 is 19.5 Å². The van der Waals surface area contributed by atoms with E-state index in [4.69, 9.17) is 11.6 Å². The van der Waals surface area contributed by atoms with Gasteiger partial charge in [-0.2, -0.15) is 0 Å². The zero-order chi connectivity index (χ0) is 22.5. The molecule has 1 N–H and O–H groups in total. The molecule has 1 aliphatic carbocycles. The molecule has 30 heavy (non-hydrogen) atoms. The molecule has 1 aliphatic rings. The Morgan fingerprint density at radius 1 is 1.10 bits per heavy atom. The summed E-state index contributed by atoms with van der Waals surface area (Å²) in [5.74, 6) is -3.57. The minimum absolute atomic E-state index is 0.272. The summed E-state index contributed by atoms with van der Waals surface area (Å²) in [7, 11) is 0. The predicted octanol–water partition coefficient (Wildman–Crippen LogP) is 5.83. The van der Waals surface area contributed by atoms with Crippen LogP contribution < -0.4 is 0 Å². The predicted molar refractivity (Wildman–Crippen MR) is 120 cm³/mol. The highest BCUT2D eigenvalue weighted by atomic mass is 35.5. The van der Waals surface area contributed by atoms with Crippen LogP contribution in [-0.2, 0) is 14.4 Å². The van der Waals surface area contributed by atoms with E-state index in [2.05, 4.69) is 13.2 Å². The molecule has 0 heterocycles. The normalized spacial score (nSPS) is 18.4. The fraction of sp³-hybridized carbons (Fsp3) is 0.320. The van der Waals surface area contributed by atoms with Crippen LogP contribution >= 0.6 is 11.6 Å². The van der Waals surface area contributed by atoms with E-state index >= 15 is 0 Å². The summed E-state index contributed by atoms with van der Waals surface area (Å²) in [4.78, 5) is 38.8. The van der Waals surface area contributed by atoms with Gasteiger partial charge in [0, 0.05) is 11.1 Å². The zero-order valence-electron chi connectivity index (χ0n) is 17.4. The molecule has 158 valence electrons. The highest BCUT2D eigenvalue weighted by Crippen LogP contribution is 2.44. The molecule has 5 heteroatoms. The van der Waals surface area contributed by atoms with E-state index in [0.717, 1.165) is 22.8 Å². The standard InChI is InChI=1S/C25H27ClO4/c1-16(2)11-13-25(14-12-17(3)4)22(29)15-21(28)23(24(25)30)20(27)10-7-18-5-8-19(26)9-6-18/h5-10,15,23,29H,1,3,11-14H2,2,4H3. The van der Waals surface area contributed by atoms with Crippen molar-refractivity contribution in [2.24, 2.45) is 11.3 Å². The molecule has 0 saturated heterocycles. The quantitative estimate of drug-likeness (QED) is 0.306. The Bertz CT molecular complexity index is 916. The third kappa shape index (κ3) is 5.45. The van der Waals surface area contributed by atoms with Crippen LogP contribution in [0.15, 0.2) is 66.5 Å². The number of allylic oxidation sites excluding steroid dienone is 5. The molecule has 2 rings (SSSR count). The Hall–Kier alpha value is -2.72. The molecular formula is C25H27ClO4. The van der Waals surface area contributed by atoms with Crippen molar-refractivity contribution in [3.05, 3.63) is 77.1 Å². The second-order valence-corrected chi connectivity index (χ2v) is 8.45. The SMILES string of the molecule is C=C(C)CCC1(CCC(=C)C)C(=O)C(C(=O)C=Cc2ccc(Cl)cc2)C(=O)C=C1O. The molecule has 0 saturated carbocycles. The van der Waals surface area contributed by atoms with E-state index < -0.39 is 28.7 Å². The topological polar surface area (TPSA) is 71.4 Å². The number of hydrogen-bond donors (Lipinski definition) is 1. The van der Waals surface area contributed by atoms with E-state index in [1.165, 1.54) is 6.08 Å². The summed E-state index contributed by atoms with van der Waals surface area (Å²) >= 11 is 5.86. The van der Waals surface area contributed by atoms with Gasteiger partial charge in [-0.15, -0.1) is 13.2 Å². The summed E-state index contributed by atoms with van der Waals surface area (Å²) in [6.45, 7) is 11.4. The van der Waals surface area contributed by atoms with Crippen molar-refractivity contribution in [1.29, 1.82) is 0 Å². The zero-order valence-corrected chi connectivity index (χ0v) is 18.2. The Morgan fingerprint density at radius 2 is 1.63 bits per heavy atom. The van der Waals surface area contributed by atoms with Gasteiger partial charge in [0.1, 0.15) is 11.7 Å². The van der Waals surface area contributed by atoms with Gasteiger partial charge in [-0.3, -0.25) is 14.4 Å². The van der Waals surface area contributed by atoms with Crippen molar-refractivity contribution in [3.63, 3.8) is 0 Å². The number of hydrogen-bond acceptors (Lipinski definition) is 4. The van der Waals surface area contributed by atoms with Crippen molar-refractivity contribution in [2.45, 2.75) is 39.5 Å². The van der Waals surface area contributed by atoms with E-state index in [1.807, 2.05) is 13.8 Å². The van der Waals surface area contributed by atoms with E-state index in [-0.39, 0.29) is 18.6 Å². The first-order chi connectivity index (χ1) is 14.1. The van der Waals surface area contributed by atoms with Crippen molar-refractivity contribution in [3.8, 4) is 0 Å². The number of Topliss-reactive ketones (excluding diaryl/α,β-unsaturated/α-hetero) is 1. The molecule has 0 radical (unpaired) electrons. The van der Waals surface area contributed by atoms with Crippen LogP contribution in [0, 0.1) is 11.3 Å². The van der Waals surface area contributed by atoms with E-state index in [0.29, 0.717) is 17.9 Å². The number of carbonyl (C=O) groups is 3. The van der Waals surface area contributed by atoms with Gasteiger partial charge >= 0.3 is 0 Å². The van der Waals surface area contributed by atoms with Crippen LogP contribution in [0.2, 0.25) is 5.02 Å². The number of halogens is 1. The molecule has 0 spiro atoms. The lowest BCUT2D eigenvalue weighted by atomic mass is 9.64. The Labute approximate surface area is 182 Å². The lowest BCUT2D eigenvalue weighted by Crippen LogP contribution is -2.47. The molecule has 0 aliphatic heterocycles. The maximum absolute atomic E-state index is 13.4. The smallest absolute Gasteiger partial charge is 0.177 e. The summed E-state index contributed by atoms with van der Waals surface area (Å²) in [5.41, 5.74) is 1.14. The molecule has 0 aromatic heterocycles. The van der Waals surface area contributed by atoms with Crippen molar-refractivity contribution in [2.75, 3.05) is 0 Å². The highest BCUT2D eigenvalue weighted by Gasteiger charge is 2.51. The first-order valence-corrected chi connectivity index (χ1v) is 10.2. The van der Waals surface area contributed by atoms with Gasteiger partial charge in [-0.25, -0.2) is 0 Å². The van der Waals surface area contributed by atoms with Crippen LogP contribution in [0.25, 0.3) is 6.08 Å². The second kappa shape index (κ2) is 9.86. The molecule has 1 unspecified atom stereocenters. The largest absolute Gasteiger partial charge is 0.511 e. The number of benzene rings is 1. The van der Waals surface area contributed by atoms with Gasteiger partial charge in [0.2, 0.25) is 0 Å². The van der Waals surface area contributed by atoms with Gasteiger partial charge in [-0.05, 0) is 63.3 Å². The average Bonchev–Trinajstić information content (AvgIpc) is 2.66. The molecule has 0 bridgehead atoms. The average molecular weight is 427 g/mol. The maximum Gasteiger partial charge on any atom is 0.177 e. The lowest BCUT2D eigenvalue weighted by molar-refractivity contribution is -0.143. The fourth-order valence-electron chi connectivity index (χ4n) is 3.49. The monoisotopic (exact) mass is 426 g/mol. The number of rotatable bonds is 9. The maximum atomic E-state index is 13.4. The third-order valence-electron chi connectivity index (χ3n) is 5.34. The second-order valence-electron chi connectivity index (χ2n) is 8.01. The molecule has 4 nitrogen and oxygen atoms in total. The first-order valence-electron chi connectivity index (χ1n) is 9.82. The summed E-state index contributed by atoms with van der Waals surface area (Å²) in [6, 6.07) is 6.83. The molecule has 1 aromatic rings. The molecule has 1 aromatic carbocycles. The minimum atomic E-state index is -1.46. The van der Waals surface area contributed by atoms with Gasteiger partial charge in [-0.1, -0.05) is 41.0 Å². The van der Waals surface area contributed by atoms with Gasteiger partial charge < -0.3 is 5.11 Å². The molecule has 1 atom stereocenters. The number of aliphatic hydroxyl groups is 1. The summed E-state index contributed by atoms with van der Waals surface area (Å²) < 4.78 is 0. The van der Waals surface area contributed by atoms with Crippen LogP contribution in [0.3, 0.4) is 0 Å². The van der Waals surface area contributed by atoms with Gasteiger partial charge in [0.25, 0.3) is 0 Å². The Kier molecular flexibility index (Phi) is 7.74. The van der Waals surface area contributed by atoms with E-state index in [9.17, 15) is 19.5 Å². The van der Waals surface area contributed by atoms with Gasteiger partial charge in [0.05, 0.1) is 5.41 Å². The van der Waals surface area contributed by atoms with Crippen LogP contribution in [-0.4, -0.2) is 22.5 Å². The minimum Gasteiger partial charge on any atom is -0.511 e. The van der Waals surface area contributed by atoms with Crippen LogP contribution in [0.4, 0.5) is 0 Å².